The molecule has 7 N–H and O–H groups in total. The second-order valence-corrected chi connectivity index (χ2v) is 28.7. The second-order valence-electron chi connectivity index (χ2n) is 27.5. The smallest absolute Gasteiger partial charge is 0.326 e. The molecular formula is C66H122N12O13S. The van der Waals surface area contributed by atoms with Gasteiger partial charge in [0.05, 0.1) is 6.10 Å². The number of thioether (sulfide) groups is 1. The van der Waals surface area contributed by atoms with E-state index in [4.69, 9.17) is 0 Å². The van der Waals surface area contributed by atoms with Crippen molar-refractivity contribution in [3.63, 3.8) is 0 Å². The summed E-state index contributed by atoms with van der Waals surface area (Å²) in [7, 11) is 14.0. The first-order chi connectivity index (χ1) is 42.5. The molecule has 0 saturated carbocycles. The lowest BCUT2D eigenvalue weighted by molar-refractivity contribution is -0.157. The van der Waals surface area contributed by atoms with Crippen LogP contribution in [-0.2, 0) is 52.7 Å². The average Bonchev–Trinajstić information content (AvgIpc) is 0.832. The van der Waals surface area contributed by atoms with Gasteiger partial charge in [0.15, 0.2) is 5.37 Å². The van der Waals surface area contributed by atoms with Crippen LogP contribution in [0.1, 0.15) is 156 Å². The number of rotatable bonds is 41. The van der Waals surface area contributed by atoms with Crippen molar-refractivity contribution in [2.24, 2.45) is 41.4 Å². The van der Waals surface area contributed by atoms with E-state index in [-0.39, 0.29) is 61.7 Å². The Balaban J connectivity index is 6.88. The third-order valence-electron chi connectivity index (χ3n) is 16.6. The number of aliphatic carboxylic acids is 1. The van der Waals surface area contributed by atoms with Crippen LogP contribution in [0.5, 0.6) is 0 Å². The first kappa shape index (κ1) is 86.1. The van der Waals surface area contributed by atoms with E-state index in [0.29, 0.717) is 18.7 Å². The molecule has 0 aromatic heterocycles. The zero-order valence-corrected chi connectivity index (χ0v) is 61.5. The zero-order chi connectivity index (χ0) is 71.7. The average molecular weight is 1320 g/mol. The van der Waals surface area contributed by atoms with Gasteiger partial charge in [0.25, 0.3) is 5.91 Å². The van der Waals surface area contributed by atoms with Gasteiger partial charge in [-0.05, 0) is 122 Å². The van der Waals surface area contributed by atoms with E-state index in [1.54, 1.807) is 41.7 Å². The standard InChI is InChI=1S/C66H122N12O13S/c1-27-29-30-43(15)54(79)52(67-18)58(83)70-46(28-2)60(85)78(26)65(92-32-31-72(19)20)64(89)74(22)48(34-38(5)6)57(82)71-51(41(11)12)63(88)73(21)47(33-37(3)4)56(81)68-44(16)55(80)69-45(17)59(84)75(23)49(35-39(7)8)61(86)76(24)50(36-40(9)10)62(87)77(25)53(42(13)14)66(90)91/h27,29,37-54,65,67,79H,28,30-36H2,1-26H3,(H,68,81)(H,69,80)(H,70,83)(H,71,82)(H,90,91)/b29-27+/t43-,44+,45-,46+,47+,48+,49+,50+,51+,52?,53+,54-,65?/m1/s1. The van der Waals surface area contributed by atoms with Gasteiger partial charge in [-0.15, -0.1) is 11.8 Å². The largest absolute Gasteiger partial charge is 0.480 e. The Labute approximate surface area is 555 Å². The minimum atomic E-state index is -1.25. The van der Waals surface area contributed by atoms with Crippen LogP contribution >= 0.6 is 11.8 Å². The fourth-order valence-corrected chi connectivity index (χ4v) is 12.1. The minimum absolute atomic E-state index is 0.0761. The Morgan fingerprint density at radius 2 is 0.891 bits per heavy atom. The topological polar surface area (TPSA) is 311 Å². The lowest BCUT2D eigenvalue weighted by Crippen LogP contribution is -2.61. The number of carbonyl (C=O) groups excluding carboxylic acids is 10. The number of hydrogen-bond donors (Lipinski definition) is 7. The summed E-state index contributed by atoms with van der Waals surface area (Å²) >= 11 is 1.20. The Bertz CT molecular complexity index is 2440. The Hall–Kier alpha value is -5.86. The fourth-order valence-electron chi connectivity index (χ4n) is 10.8. The number of allylic oxidation sites excluding steroid dienone is 2. The molecule has 0 rings (SSSR count). The number of aliphatic hydroxyl groups is 1. The summed E-state index contributed by atoms with van der Waals surface area (Å²) in [6, 6.07) is -11.4. The maximum absolute atomic E-state index is 14.9. The molecule has 25 nitrogen and oxygen atoms in total. The Kier molecular flexibility index (Phi) is 38.5. The van der Waals surface area contributed by atoms with Gasteiger partial charge in [-0.1, -0.05) is 109 Å². The summed E-state index contributed by atoms with van der Waals surface area (Å²) in [5.41, 5.74) is 0. The van der Waals surface area contributed by atoms with Crippen molar-refractivity contribution >= 4 is 76.8 Å². The maximum Gasteiger partial charge on any atom is 0.326 e. The van der Waals surface area contributed by atoms with Crippen LogP contribution in [0.2, 0.25) is 0 Å². The third kappa shape index (κ3) is 26.5. The molecule has 0 aliphatic carbocycles. The van der Waals surface area contributed by atoms with Crippen molar-refractivity contribution in [2.45, 2.75) is 228 Å². The normalized spacial score (nSPS) is 16.2. The van der Waals surface area contributed by atoms with E-state index >= 15 is 0 Å². The number of carboxylic acid groups (broad SMARTS) is 1. The van der Waals surface area contributed by atoms with Crippen LogP contribution in [0.25, 0.3) is 0 Å². The summed E-state index contributed by atoms with van der Waals surface area (Å²) in [6.07, 6.45) is 4.07. The van der Waals surface area contributed by atoms with Gasteiger partial charge >= 0.3 is 5.97 Å². The van der Waals surface area contributed by atoms with E-state index in [1.165, 1.54) is 92.4 Å². The van der Waals surface area contributed by atoms with Crippen molar-refractivity contribution < 1.29 is 63.0 Å². The van der Waals surface area contributed by atoms with Crippen LogP contribution in [-0.4, -0.2) is 257 Å². The number of carbonyl (C=O) groups is 11. The molecular weight excluding hydrogens is 1200 g/mol. The number of hydrogen-bond acceptors (Lipinski definition) is 15. The van der Waals surface area contributed by atoms with Crippen LogP contribution < -0.4 is 26.6 Å². The third-order valence-corrected chi connectivity index (χ3v) is 17.8. The lowest BCUT2D eigenvalue weighted by Gasteiger charge is -2.39. The van der Waals surface area contributed by atoms with Gasteiger partial charge in [0, 0.05) is 54.6 Å². The summed E-state index contributed by atoms with van der Waals surface area (Å²) in [5, 5.41) is 33.9. The predicted molar refractivity (Wildman–Crippen MR) is 362 cm³/mol. The molecule has 10 amide bonds. The minimum Gasteiger partial charge on any atom is -0.480 e. The highest BCUT2D eigenvalue weighted by atomic mass is 32.2. The first-order valence-electron chi connectivity index (χ1n) is 32.8. The molecule has 0 aromatic carbocycles. The summed E-state index contributed by atoms with van der Waals surface area (Å²) in [4.78, 5) is 165. The quantitative estimate of drug-likeness (QED) is 0.0339. The van der Waals surface area contributed by atoms with Crippen LogP contribution in [0, 0.1) is 41.4 Å². The number of likely N-dealkylation sites (N-methyl/N-ethyl adjacent to an activating group) is 7. The highest BCUT2D eigenvalue weighted by Gasteiger charge is 2.44. The molecule has 0 aliphatic heterocycles. The first-order valence-corrected chi connectivity index (χ1v) is 33.8. The molecule has 0 bridgehead atoms. The Morgan fingerprint density at radius 1 is 0.467 bits per heavy atom. The van der Waals surface area contributed by atoms with Gasteiger partial charge < -0.3 is 71.1 Å². The Morgan fingerprint density at radius 3 is 1.30 bits per heavy atom. The number of amides is 10. The van der Waals surface area contributed by atoms with E-state index in [2.05, 4.69) is 26.6 Å². The van der Waals surface area contributed by atoms with Gasteiger partial charge in [-0.25, -0.2) is 4.79 Å². The molecule has 0 aliphatic rings. The number of nitrogens with zero attached hydrogens (tertiary/aromatic N) is 7. The van der Waals surface area contributed by atoms with Crippen LogP contribution in [0.3, 0.4) is 0 Å². The highest BCUT2D eigenvalue weighted by Crippen LogP contribution is 2.25. The molecule has 0 aromatic rings. The van der Waals surface area contributed by atoms with Gasteiger partial charge in [0.2, 0.25) is 53.2 Å². The van der Waals surface area contributed by atoms with Gasteiger partial charge in [-0.3, -0.25) is 47.9 Å². The van der Waals surface area contributed by atoms with E-state index in [9.17, 15) is 63.0 Å². The van der Waals surface area contributed by atoms with Crippen molar-refractivity contribution in [3.05, 3.63) is 12.2 Å². The molecule has 0 radical (unpaired) electrons. The van der Waals surface area contributed by atoms with Crippen LogP contribution in [0.15, 0.2) is 12.2 Å². The second kappa shape index (κ2) is 41.1. The van der Waals surface area contributed by atoms with E-state index < -0.39 is 149 Å². The summed E-state index contributed by atoms with van der Waals surface area (Å²) in [6.45, 7) is 30.6. The molecule has 13 atom stereocenters. The van der Waals surface area contributed by atoms with Crippen molar-refractivity contribution in [1.29, 1.82) is 0 Å². The van der Waals surface area contributed by atoms with E-state index in [0.717, 1.165) is 4.90 Å². The summed E-state index contributed by atoms with van der Waals surface area (Å²) in [5.74, 6) is -8.69. The molecule has 530 valence electrons. The SMILES string of the molecule is C/C=C/C[C@@H](C)[C@@H](O)C(NC)C(=O)N[C@@H](CC)C(=O)N(C)C(SCCN(C)C)C(=O)N(C)[C@@H](CC(C)C)C(=O)N[C@H](C(=O)N(C)[C@@H](CC(C)C)C(=O)N[C@@H](C)C(=O)N[C@H](C)C(=O)N(C)[C@@H](CC(C)C)C(=O)N(C)[C@@H](CC(C)C)C(=O)N(C)[C@H](C(=O)O)C(C)C)C(C)C. The predicted octanol–water partition coefficient (Wildman–Crippen LogP) is 3.72. The molecule has 26 heteroatoms. The van der Waals surface area contributed by atoms with Crippen molar-refractivity contribution in [1.82, 2.24) is 60.9 Å². The fraction of sp³-hybridized carbons (Fsp3) is 0.803. The lowest BCUT2D eigenvalue weighted by atomic mass is 9.94. The zero-order valence-electron chi connectivity index (χ0n) is 60.7. The number of nitrogens with one attached hydrogen (secondary N) is 5. The molecule has 2 unspecified atom stereocenters. The molecule has 0 spiro atoms. The van der Waals surface area contributed by atoms with Crippen molar-refractivity contribution in [3.8, 4) is 0 Å². The number of aliphatic hydroxyl groups excluding tert-OH is 1. The molecule has 0 heterocycles. The monoisotopic (exact) mass is 1320 g/mol. The van der Waals surface area contributed by atoms with Gasteiger partial charge in [0.1, 0.15) is 60.4 Å². The molecule has 0 saturated heterocycles. The van der Waals surface area contributed by atoms with Crippen molar-refractivity contribution in [2.75, 3.05) is 75.7 Å². The van der Waals surface area contributed by atoms with E-state index in [1.807, 2.05) is 100 Å². The van der Waals surface area contributed by atoms with Crippen LogP contribution in [0.4, 0.5) is 0 Å². The molecule has 92 heavy (non-hydrogen) atoms. The number of carboxylic acids is 1. The van der Waals surface area contributed by atoms with Gasteiger partial charge in [-0.2, -0.15) is 0 Å². The molecule has 0 fully saturated rings. The maximum atomic E-state index is 14.9. The summed E-state index contributed by atoms with van der Waals surface area (Å²) < 4.78 is 0. The highest BCUT2D eigenvalue weighted by molar-refractivity contribution is 8.00.